The summed E-state index contributed by atoms with van der Waals surface area (Å²) in [5.74, 6) is -0.584. The molecule has 2 N–H and O–H groups in total. The number of benzene rings is 2. The van der Waals surface area contributed by atoms with Crippen molar-refractivity contribution in [2.24, 2.45) is 0 Å². The summed E-state index contributed by atoms with van der Waals surface area (Å²) in [6.45, 7) is 0.126. The Morgan fingerprint density at radius 3 is 2.45 bits per heavy atom. The Labute approximate surface area is 168 Å². The average Bonchev–Trinajstić information content (AvgIpc) is 2.68. The monoisotopic (exact) mass is 423 g/mol. The molecule has 0 saturated heterocycles. The molecule has 0 bridgehead atoms. The first kappa shape index (κ1) is 20.6. The fourth-order valence-electron chi connectivity index (χ4n) is 2.58. The maximum atomic E-state index is 13.7. The Bertz CT molecular complexity index is 1020. The van der Waals surface area contributed by atoms with E-state index < -0.39 is 28.7 Å². The smallest absolute Gasteiger partial charge is 0.334 e. The van der Waals surface area contributed by atoms with Crippen molar-refractivity contribution < 1.29 is 22.4 Å². The van der Waals surface area contributed by atoms with Crippen molar-refractivity contribution in [2.45, 2.75) is 12.7 Å². The number of alkyl halides is 3. The van der Waals surface area contributed by atoms with Gasteiger partial charge in [0.25, 0.3) is 0 Å². The fraction of sp³-hybridized carbons (Fsp3) is 0.100. The van der Waals surface area contributed by atoms with E-state index in [9.17, 15) is 22.4 Å². The van der Waals surface area contributed by atoms with E-state index in [1.54, 1.807) is 36.4 Å². The first-order chi connectivity index (χ1) is 13.7. The summed E-state index contributed by atoms with van der Waals surface area (Å²) in [4.78, 5) is 15.6. The lowest BCUT2D eigenvalue weighted by molar-refractivity contribution is -0.137. The highest BCUT2D eigenvalue weighted by Crippen LogP contribution is 2.36. The van der Waals surface area contributed by atoms with Gasteiger partial charge in [0.15, 0.2) is 0 Å². The average molecular weight is 424 g/mol. The standard InChI is InChI=1S/C20H14ClF4N3O/c21-17-8-7-14(10-16(17)20(23,24)25)28-19(29)27-11-12-3-5-13(6-4-12)15-2-1-9-26-18(15)22/h1-10H,11H2,(H2,27,28,29). The highest BCUT2D eigenvalue weighted by molar-refractivity contribution is 6.31. The summed E-state index contributed by atoms with van der Waals surface area (Å²) in [6, 6.07) is 12.4. The van der Waals surface area contributed by atoms with Gasteiger partial charge in [-0.3, -0.25) is 0 Å². The third-order valence-corrected chi connectivity index (χ3v) is 4.34. The number of halogens is 5. The molecule has 0 spiro atoms. The number of carbonyl (C=O) groups excluding carboxylic acids is 1. The molecule has 0 atom stereocenters. The second-order valence-electron chi connectivity index (χ2n) is 6.04. The van der Waals surface area contributed by atoms with Gasteiger partial charge in [-0.2, -0.15) is 17.6 Å². The van der Waals surface area contributed by atoms with E-state index in [0.29, 0.717) is 11.1 Å². The molecule has 0 radical (unpaired) electrons. The van der Waals surface area contributed by atoms with Gasteiger partial charge in [0.05, 0.1) is 10.6 Å². The molecule has 4 nitrogen and oxygen atoms in total. The van der Waals surface area contributed by atoms with Crippen LogP contribution >= 0.6 is 11.6 Å². The van der Waals surface area contributed by atoms with Gasteiger partial charge < -0.3 is 10.6 Å². The molecular formula is C20H14ClF4N3O. The van der Waals surface area contributed by atoms with Crippen LogP contribution in [0.4, 0.5) is 28.0 Å². The molecule has 1 heterocycles. The SMILES string of the molecule is O=C(NCc1ccc(-c2cccnc2F)cc1)Nc1ccc(Cl)c(C(F)(F)F)c1. The zero-order chi connectivity index (χ0) is 21.0. The number of pyridine rings is 1. The van der Waals surface area contributed by atoms with Crippen molar-refractivity contribution in [3.8, 4) is 11.1 Å². The van der Waals surface area contributed by atoms with Crippen molar-refractivity contribution in [1.82, 2.24) is 10.3 Å². The van der Waals surface area contributed by atoms with Crippen LogP contribution in [-0.2, 0) is 12.7 Å². The van der Waals surface area contributed by atoms with Crippen LogP contribution in [0, 0.1) is 5.95 Å². The number of aromatic nitrogens is 1. The Morgan fingerprint density at radius 1 is 1.07 bits per heavy atom. The Hall–Kier alpha value is -3.13. The van der Waals surface area contributed by atoms with Gasteiger partial charge in [-0.1, -0.05) is 35.9 Å². The first-order valence-corrected chi connectivity index (χ1v) is 8.73. The zero-order valence-electron chi connectivity index (χ0n) is 14.7. The lowest BCUT2D eigenvalue weighted by Crippen LogP contribution is -2.28. The molecule has 0 aliphatic heterocycles. The first-order valence-electron chi connectivity index (χ1n) is 8.35. The predicted molar refractivity (Wildman–Crippen MR) is 102 cm³/mol. The number of hydrogen-bond donors (Lipinski definition) is 2. The lowest BCUT2D eigenvalue weighted by Gasteiger charge is -2.12. The Morgan fingerprint density at radius 2 is 1.79 bits per heavy atom. The largest absolute Gasteiger partial charge is 0.417 e. The summed E-state index contributed by atoms with van der Waals surface area (Å²) in [5.41, 5.74) is 0.634. The molecule has 3 rings (SSSR count). The minimum Gasteiger partial charge on any atom is -0.334 e. The highest BCUT2D eigenvalue weighted by atomic mass is 35.5. The normalized spacial score (nSPS) is 11.2. The van der Waals surface area contributed by atoms with Crippen LogP contribution in [0.25, 0.3) is 11.1 Å². The third-order valence-electron chi connectivity index (χ3n) is 4.01. The quantitative estimate of drug-likeness (QED) is 0.406. The zero-order valence-corrected chi connectivity index (χ0v) is 15.5. The van der Waals surface area contributed by atoms with Crippen molar-refractivity contribution >= 4 is 23.3 Å². The number of nitrogens with zero attached hydrogens (tertiary/aromatic N) is 1. The molecule has 0 unspecified atom stereocenters. The molecule has 0 fully saturated rings. The van der Waals surface area contributed by atoms with E-state index in [-0.39, 0.29) is 12.2 Å². The topological polar surface area (TPSA) is 54.0 Å². The maximum absolute atomic E-state index is 13.7. The molecule has 2 amide bonds. The molecule has 3 aromatic rings. The number of nitrogens with one attached hydrogen (secondary N) is 2. The second-order valence-corrected chi connectivity index (χ2v) is 6.45. The van der Waals surface area contributed by atoms with Crippen LogP contribution in [0.5, 0.6) is 0 Å². The number of urea groups is 1. The third kappa shape index (κ3) is 5.23. The minimum atomic E-state index is -4.62. The summed E-state index contributed by atoms with van der Waals surface area (Å²) in [5, 5.41) is 4.42. The Kier molecular flexibility index (Phi) is 6.03. The van der Waals surface area contributed by atoms with Gasteiger partial charge >= 0.3 is 12.2 Å². The van der Waals surface area contributed by atoms with Gasteiger partial charge in [0, 0.05) is 24.0 Å². The van der Waals surface area contributed by atoms with E-state index in [1.165, 1.54) is 12.3 Å². The van der Waals surface area contributed by atoms with Gasteiger partial charge in [0.2, 0.25) is 5.95 Å². The van der Waals surface area contributed by atoms with Crippen molar-refractivity contribution in [3.05, 3.63) is 82.9 Å². The number of carbonyl (C=O) groups is 1. The van der Waals surface area contributed by atoms with E-state index in [2.05, 4.69) is 15.6 Å². The van der Waals surface area contributed by atoms with Crippen LogP contribution in [0.15, 0.2) is 60.8 Å². The van der Waals surface area contributed by atoms with Crippen LogP contribution in [0.3, 0.4) is 0 Å². The molecule has 0 saturated carbocycles. The molecular weight excluding hydrogens is 410 g/mol. The Balaban J connectivity index is 1.61. The summed E-state index contributed by atoms with van der Waals surface area (Å²) in [6.07, 6.45) is -3.27. The molecule has 29 heavy (non-hydrogen) atoms. The lowest BCUT2D eigenvalue weighted by atomic mass is 10.1. The summed E-state index contributed by atoms with van der Waals surface area (Å²) >= 11 is 5.55. The van der Waals surface area contributed by atoms with Gasteiger partial charge in [-0.25, -0.2) is 9.78 Å². The molecule has 9 heteroatoms. The summed E-state index contributed by atoms with van der Waals surface area (Å²) < 4.78 is 52.3. The van der Waals surface area contributed by atoms with Crippen LogP contribution in [0.2, 0.25) is 5.02 Å². The maximum Gasteiger partial charge on any atom is 0.417 e. The molecule has 0 aliphatic rings. The van der Waals surface area contributed by atoms with Gasteiger partial charge in [0.1, 0.15) is 0 Å². The van der Waals surface area contributed by atoms with E-state index >= 15 is 0 Å². The van der Waals surface area contributed by atoms with Crippen molar-refractivity contribution in [1.29, 1.82) is 0 Å². The highest BCUT2D eigenvalue weighted by Gasteiger charge is 2.33. The predicted octanol–water partition coefficient (Wildman–Crippen LogP) is 5.88. The number of amides is 2. The minimum absolute atomic E-state index is 0.0402. The van der Waals surface area contributed by atoms with E-state index in [0.717, 1.165) is 17.7 Å². The molecule has 0 aliphatic carbocycles. The fourth-order valence-corrected chi connectivity index (χ4v) is 2.81. The number of anilines is 1. The van der Waals surface area contributed by atoms with Crippen molar-refractivity contribution in [3.63, 3.8) is 0 Å². The summed E-state index contributed by atoms with van der Waals surface area (Å²) in [7, 11) is 0. The van der Waals surface area contributed by atoms with Gasteiger partial charge in [-0.15, -0.1) is 0 Å². The van der Waals surface area contributed by atoms with Gasteiger partial charge in [-0.05, 0) is 41.5 Å². The van der Waals surface area contributed by atoms with Crippen LogP contribution in [-0.4, -0.2) is 11.0 Å². The van der Waals surface area contributed by atoms with Crippen LogP contribution < -0.4 is 10.6 Å². The molecule has 150 valence electrons. The van der Waals surface area contributed by atoms with E-state index in [1.807, 2.05) is 0 Å². The molecule has 1 aromatic heterocycles. The van der Waals surface area contributed by atoms with Crippen molar-refractivity contribution in [2.75, 3.05) is 5.32 Å². The van der Waals surface area contributed by atoms with E-state index in [4.69, 9.17) is 11.6 Å². The number of rotatable bonds is 4. The second kappa shape index (κ2) is 8.48. The molecule has 2 aromatic carbocycles. The van der Waals surface area contributed by atoms with Crippen LogP contribution in [0.1, 0.15) is 11.1 Å². The number of hydrogen-bond acceptors (Lipinski definition) is 2.